The van der Waals surface area contributed by atoms with Crippen molar-refractivity contribution in [3.05, 3.63) is 34.9 Å². The van der Waals surface area contributed by atoms with Crippen LogP contribution in [0.15, 0.2) is 24.3 Å². The van der Waals surface area contributed by atoms with Gasteiger partial charge in [0.05, 0.1) is 6.10 Å². The summed E-state index contributed by atoms with van der Waals surface area (Å²) in [6, 6.07) is 8.01. The molecule has 1 saturated heterocycles. The molecule has 0 bridgehead atoms. The highest BCUT2D eigenvalue weighted by atomic mass is 35.5. The number of aliphatic hydroxyl groups excluding tert-OH is 1. The Bertz CT molecular complexity index is 355. The summed E-state index contributed by atoms with van der Waals surface area (Å²) in [5, 5.41) is 14.1. The SMILES string of the molecule is O[C@@H](CN[C@@H]1CCCSC1)c1ccccc1Cl. The lowest BCUT2D eigenvalue weighted by Gasteiger charge is -2.24. The largest absolute Gasteiger partial charge is 0.387 e. The Hall–Kier alpha value is -0.220. The van der Waals surface area contributed by atoms with Crippen LogP contribution in [0.1, 0.15) is 24.5 Å². The van der Waals surface area contributed by atoms with E-state index in [4.69, 9.17) is 11.6 Å². The van der Waals surface area contributed by atoms with Crippen LogP contribution in [0.25, 0.3) is 0 Å². The molecule has 4 heteroatoms. The van der Waals surface area contributed by atoms with Crippen LogP contribution in [0.5, 0.6) is 0 Å². The van der Waals surface area contributed by atoms with Gasteiger partial charge in [-0.15, -0.1) is 0 Å². The zero-order chi connectivity index (χ0) is 12.1. The number of aliphatic hydroxyl groups is 1. The fraction of sp³-hybridized carbons (Fsp3) is 0.538. The molecule has 2 N–H and O–H groups in total. The van der Waals surface area contributed by atoms with Crippen molar-refractivity contribution in [2.75, 3.05) is 18.1 Å². The van der Waals surface area contributed by atoms with Crippen LogP contribution in [-0.2, 0) is 0 Å². The van der Waals surface area contributed by atoms with Crippen LogP contribution in [-0.4, -0.2) is 29.2 Å². The Morgan fingerprint density at radius 3 is 3.00 bits per heavy atom. The van der Waals surface area contributed by atoms with E-state index >= 15 is 0 Å². The van der Waals surface area contributed by atoms with Crippen LogP contribution < -0.4 is 5.32 Å². The third-order valence-corrected chi connectivity index (χ3v) is 4.58. The summed E-state index contributed by atoms with van der Waals surface area (Å²) >= 11 is 8.03. The Labute approximate surface area is 112 Å². The number of benzene rings is 1. The van der Waals surface area contributed by atoms with E-state index < -0.39 is 6.10 Å². The molecular formula is C13H18ClNOS. The molecule has 0 unspecified atom stereocenters. The van der Waals surface area contributed by atoms with Gasteiger partial charge in [-0.1, -0.05) is 29.8 Å². The van der Waals surface area contributed by atoms with Crippen molar-refractivity contribution in [3.8, 4) is 0 Å². The van der Waals surface area contributed by atoms with E-state index in [-0.39, 0.29) is 0 Å². The van der Waals surface area contributed by atoms with Gasteiger partial charge in [0.2, 0.25) is 0 Å². The van der Waals surface area contributed by atoms with Crippen LogP contribution in [0.2, 0.25) is 5.02 Å². The topological polar surface area (TPSA) is 32.3 Å². The molecule has 0 aliphatic carbocycles. The maximum atomic E-state index is 10.1. The summed E-state index contributed by atoms with van der Waals surface area (Å²) in [6.45, 7) is 0.578. The first-order valence-corrected chi connectivity index (χ1v) is 7.54. The van der Waals surface area contributed by atoms with Gasteiger partial charge < -0.3 is 10.4 Å². The lowest BCUT2D eigenvalue weighted by molar-refractivity contribution is 0.170. The molecule has 0 amide bonds. The van der Waals surface area contributed by atoms with E-state index in [1.165, 1.54) is 18.6 Å². The van der Waals surface area contributed by atoms with E-state index in [2.05, 4.69) is 5.32 Å². The maximum absolute atomic E-state index is 10.1. The second kappa shape index (κ2) is 6.64. The molecule has 17 heavy (non-hydrogen) atoms. The molecule has 1 aromatic carbocycles. The second-order valence-electron chi connectivity index (χ2n) is 4.36. The second-order valence-corrected chi connectivity index (χ2v) is 5.92. The minimum Gasteiger partial charge on any atom is -0.387 e. The molecule has 2 rings (SSSR count). The van der Waals surface area contributed by atoms with Crippen molar-refractivity contribution >= 4 is 23.4 Å². The van der Waals surface area contributed by atoms with E-state index in [1.807, 2.05) is 36.0 Å². The van der Waals surface area contributed by atoms with Gasteiger partial charge in [-0.2, -0.15) is 11.8 Å². The predicted octanol–water partition coefficient (Wildman–Crippen LogP) is 2.86. The van der Waals surface area contributed by atoms with Crippen LogP contribution in [0.3, 0.4) is 0 Å². The van der Waals surface area contributed by atoms with E-state index in [0.717, 1.165) is 11.3 Å². The van der Waals surface area contributed by atoms with Crippen molar-refractivity contribution in [1.29, 1.82) is 0 Å². The highest BCUT2D eigenvalue weighted by molar-refractivity contribution is 7.99. The zero-order valence-electron chi connectivity index (χ0n) is 9.73. The molecule has 94 valence electrons. The normalized spacial score (nSPS) is 22.4. The number of rotatable bonds is 4. The zero-order valence-corrected chi connectivity index (χ0v) is 11.3. The molecular weight excluding hydrogens is 254 g/mol. The van der Waals surface area contributed by atoms with Gasteiger partial charge in [-0.25, -0.2) is 0 Å². The monoisotopic (exact) mass is 271 g/mol. The third-order valence-electron chi connectivity index (χ3n) is 3.02. The summed E-state index contributed by atoms with van der Waals surface area (Å²) < 4.78 is 0. The molecule has 0 saturated carbocycles. The molecule has 0 radical (unpaired) electrons. The quantitative estimate of drug-likeness (QED) is 0.883. The third kappa shape index (κ3) is 3.88. The molecule has 1 heterocycles. The lowest BCUT2D eigenvalue weighted by Crippen LogP contribution is -2.36. The smallest absolute Gasteiger partial charge is 0.0928 e. The van der Waals surface area contributed by atoms with Gasteiger partial charge >= 0.3 is 0 Å². The summed E-state index contributed by atoms with van der Waals surface area (Å²) in [5.74, 6) is 2.42. The summed E-state index contributed by atoms with van der Waals surface area (Å²) in [7, 11) is 0. The number of hydrogen-bond donors (Lipinski definition) is 2. The molecule has 1 fully saturated rings. The first-order chi connectivity index (χ1) is 8.27. The van der Waals surface area contributed by atoms with Crippen LogP contribution in [0, 0.1) is 0 Å². The molecule has 2 nitrogen and oxygen atoms in total. The number of thioether (sulfide) groups is 1. The van der Waals surface area contributed by atoms with Crippen molar-refractivity contribution in [1.82, 2.24) is 5.32 Å². The average molecular weight is 272 g/mol. The summed E-state index contributed by atoms with van der Waals surface area (Å²) in [6.07, 6.45) is 1.96. The van der Waals surface area contributed by atoms with Crippen LogP contribution in [0.4, 0.5) is 0 Å². The lowest BCUT2D eigenvalue weighted by atomic mass is 10.1. The van der Waals surface area contributed by atoms with Crippen molar-refractivity contribution in [3.63, 3.8) is 0 Å². The molecule has 0 spiro atoms. The van der Waals surface area contributed by atoms with Crippen molar-refractivity contribution in [2.45, 2.75) is 25.0 Å². The Morgan fingerprint density at radius 1 is 1.47 bits per heavy atom. The molecule has 2 atom stereocenters. The number of halogens is 1. The Morgan fingerprint density at radius 2 is 2.29 bits per heavy atom. The Kier molecular flexibility index (Phi) is 5.16. The summed E-state index contributed by atoms with van der Waals surface area (Å²) in [4.78, 5) is 0. The number of nitrogens with one attached hydrogen (secondary N) is 1. The first kappa shape index (κ1) is 13.2. The van der Waals surface area contributed by atoms with E-state index in [9.17, 15) is 5.11 Å². The Balaban J connectivity index is 1.84. The standard InChI is InChI=1S/C13H18ClNOS/c14-12-6-2-1-5-11(12)13(16)8-15-10-4-3-7-17-9-10/h1-2,5-6,10,13,15-16H,3-4,7-9H2/t10-,13+/m1/s1. The summed E-state index contributed by atoms with van der Waals surface area (Å²) in [5.41, 5.74) is 0.810. The minimum absolute atomic E-state index is 0.518. The van der Waals surface area contributed by atoms with E-state index in [0.29, 0.717) is 17.6 Å². The highest BCUT2D eigenvalue weighted by Gasteiger charge is 2.16. The molecule has 0 aromatic heterocycles. The maximum Gasteiger partial charge on any atom is 0.0928 e. The minimum atomic E-state index is -0.518. The molecule has 1 aromatic rings. The van der Waals surface area contributed by atoms with Gasteiger partial charge in [0.15, 0.2) is 0 Å². The van der Waals surface area contributed by atoms with Gasteiger partial charge in [-0.05, 0) is 24.7 Å². The van der Waals surface area contributed by atoms with Gasteiger partial charge in [0.25, 0.3) is 0 Å². The van der Waals surface area contributed by atoms with Crippen molar-refractivity contribution in [2.24, 2.45) is 0 Å². The van der Waals surface area contributed by atoms with Gasteiger partial charge in [0, 0.05) is 28.9 Å². The van der Waals surface area contributed by atoms with Crippen LogP contribution >= 0.6 is 23.4 Å². The van der Waals surface area contributed by atoms with Gasteiger partial charge in [-0.3, -0.25) is 0 Å². The molecule has 1 aliphatic rings. The van der Waals surface area contributed by atoms with E-state index in [1.54, 1.807) is 0 Å². The predicted molar refractivity (Wildman–Crippen MR) is 74.8 cm³/mol. The number of hydrogen-bond acceptors (Lipinski definition) is 3. The fourth-order valence-corrected chi connectivity index (χ4v) is 3.40. The van der Waals surface area contributed by atoms with Gasteiger partial charge in [0.1, 0.15) is 0 Å². The average Bonchev–Trinajstić information content (AvgIpc) is 2.38. The van der Waals surface area contributed by atoms with Crippen molar-refractivity contribution < 1.29 is 5.11 Å². The molecule has 1 aliphatic heterocycles. The fourth-order valence-electron chi connectivity index (χ4n) is 2.04. The first-order valence-electron chi connectivity index (χ1n) is 6.01. The highest BCUT2D eigenvalue weighted by Crippen LogP contribution is 2.23.